The van der Waals surface area contributed by atoms with Crippen LogP contribution in [0.5, 0.6) is 0 Å². The van der Waals surface area contributed by atoms with Crippen LogP contribution < -0.4 is 10.8 Å². The summed E-state index contributed by atoms with van der Waals surface area (Å²) in [5, 5.41) is 20.3. The van der Waals surface area contributed by atoms with Gasteiger partial charge in [0.25, 0.3) is 5.91 Å². The first-order chi connectivity index (χ1) is 11.7. The molecule has 0 fully saturated rings. The zero-order valence-electron chi connectivity index (χ0n) is 13.1. The molecule has 0 radical (unpaired) electrons. The molecule has 0 bridgehead atoms. The molecule has 0 heterocycles. The van der Waals surface area contributed by atoms with Crippen molar-refractivity contribution in [3.05, 3.63) is 60.2 Å². The summed E-state index contributed by atoms with van der Waals surface area (Å²) in [6, 6.07) is 16.0. The number of hydrogen-bond acceptors (Lipinski definition) is 5. The van der Waals surface area contributed by atoms with Gasteiger partial charge in [0.2, 0.25) is 0 Å². The van der Waals surface area contributed by atoms with Crippen LogP contribution in [-0.2, 0) is 4.79 Å². The van der Waals surface area contributed by atoms with E-state index in [0.717, 1.165) is 11.1 Å². The molecule has 0 saturated heterocycles. The number of benzene rings is 2. The van der Waals surface area contributed by atoms with E-state index in [1.54, 1.807) is 12.1 Å². The molecule has 2 rings (SSSR count). The minimum Gasteiger partial charge on any atom is -0.395 e. The van der Waals surface area contributed by atoms with Crippen LogP contribution in [0.4, 0.5) is 0 Å². The van der Waals surface area contributed by atoms with Crippen molar-refractivity contribution in [2.75, 3.05) is 13.2 Å². The number of aliphatic hydroxyl groups excluding tert-OH is 1. The van der Waals surface area contributed by atoms with Crippen LogP contribution in [0.15, 0.2) is 54.6 Å². The number of carbonyl (C=O) groups is 2. The van der Waals surface area contributed by atoms with E-state index in [2.05, 4.69) is 5.32 Å². The summed E-state index contributed by atoms with van der Waals surface area (Å²) in [6.07, 6.45) is -0.114. The van der Waals surface area contributed by atoms with Gasteiger partial charge < -0.3 is 10.4 Å². The second-order valence-electron chi connectivity index (χ2n) is 5.28. The fourth-order valence-corrected chi connectivity index (χ4v) is 2.36. The van der Waals surface area contributed by atoms with E-state index >= 15 is 0 Å². The maximum atomic E-state index is 12.3. The lowest BCUT2D eigenvalue weighted by Gasteiger charge is -2.15. The number of amides is 1. The van der Waals surface area contributed by atoms with Gasteiger partial charge in [-0.2, -0.15) is 0 Å². The molecule has 6 nitrogen and oxygen atoms in total. The largest absolute Gasteiger partial charge is 0.395 e. The van der Waals surface area contributed by atoms with E-state index in [-0.39, 0.29) is 25.4 Å². The van der Waals surface area contributed by atoms with E-state index in [9.17, 15) is 9.59 Å². The Balaban J connectivity index is 2.07. The first-order valence-corrected chi connectivity index (χ1v) is 7.62. The number of hydrogen-bond donors (Lipinski definition) is 4. The van der Waals surface area contributed by atoms with Gasteiger partial charge in [0, 0.05) is 18.5 Å². The van der Waals surface area contributed by atoms with Crippen LogP contribution in [0.25, 0.3) is 11.1 Å². The van der Waals surface area contributed by atoms with Crippen molar-refractivity contribution in [3.63, 3.8) is 0 Å². The van der Waals surface area contributed by atoms with Crippen molar-refractivity contribution in [2.45, 2.75) is 12.5 Å². The molecule has 0 saturated carbocycles. The van der Waals surface area contributed by atoms with Crippen LogP contribution in [0.2, 0.25) is 0 Å². The second-order valence-corrected chi connectivity index (χ2v) is 5.28. The minimum atomic E-state index is -0.900. The van der Waals surface area contributed by atoms with Gasteiger partial charge in [0.1, 0.15) is 0 Å². The lowest BCUT2D eigenvalue weighted by Crippen LogP contribution is -2.45. The zero-order valence-corrected chi connectivity index (χ0v) is 13.1. The van der Waals surface area contributed by atoms with Gasteiger partial charge in [0.15, 0.2) is 5.78 Å². The van der Waals surface area contributed by atoms with E-state index in [1.807, 2.05) is 42.5 Å². The van der Waals surface area contributed by atoms with Gasteiger partial charge in [-0.3, -0.25) is 14.8 Å². The smallest absolute Gasteiger partial charge is 0.260 e. The van der Waals surface area contributed by atoms with Crippen LogP contribution in [-0.4, -0.2) is 41.2 Å². The molecule has 2 aromatic rings. The maximum absolute atomic E-state index is 12.3. The topological polar surface area (TPSA) is 98.7 Å². The Labute approximate surface area is 140 Å². The third-order valence-electron chi connectivity index (χ3n) is 3.63. The average Bonchev–Trinajstić information content (AvgIpc) is 2.65. The normalized spacial score (nSPS) is 11.8. The summed E-state index contributed by atoms with van der Waals surface area (Å²) >= 11 is 0. The van der Waals surface area contributed by atoms with Crippen LogP contribution in [0.3, 0.4) is 0 Å². The quantitative estimate of drug-likeness (QED) is 0.333. The average molecular weight is 328 g/mol. The fraction of sp³-hybridized carbons (Fsp3) is 0.222. The third-order valence-corrected chi connectivity index (χ3v) is 3.63. The third kappa shape index (κ3) is 4.73. The van der Waals surface area contributed by atoms with Crippen molar-refractivity contribution in [1.29, 1.82) is 0 Å². The molecule has 1 amide bonds. The standard InChI is InChI=1S/C18H20N2O4/c21-11-10-19-16(18(23)20-24)12-17(22)15-8-6-14(7-9-15)13-4-2-1-3-5-13/h1-9,16,19,21,24H,10-12H2,(H,20,23). The number of ketones is 1. The Morgan fingerprint density at radius 2 is 1.58 bits per heavy atom. The van der Waals surface area contributed by atoms with E-state index in [1.165, 1.54) is 5.48 Å². The first-order valence-electron chi connectivity index (χ1n) is 7.62. The molecule has 0 aliphatic rings. The van der Waals surface area contributed by atoms with Gasteiger partial charge in [-0.05, 0) is 11.1 Å². The van der Waals surface area contributed by atoms with Crippen molar-refractivity contribution < 1.29 is 19.9 Å². The van der Waals surface area contributed by atoms with Crippen molar-refractivity contribution in [2.24, 2.45) is 0 Å². The Morgan fingerprint density at radius 3 is 2.17 bits per heavy atom. The van der Waals surface area contributed by atoms with Gasteiger partial charge in [-0.15, -0.1) is 0 Å². The highest BCUT2D eigenvalue weighted by Gasteiger charge is 2.21. The molecule has 2 aromatic carbocycles. The molecule has 0 aliphatic carbocycles. The summed E-state index contributed by atoms with van der Waals surface area (Å²) in [6.45, 7) is -0.0204. The van der Waals surface area contributed by atoms with Crippen LogP contribution in [0.1, 0.15) is 16.8 Å². The van der Waals surface area contributed by atoms with Gasteiger partial charge in [0.05, 0.1) is 12.6 Å². The molecule has 126 valence electrons. The highest BCUT2D eigenvalue weighted by molar-refractivity contribution is 5.99. The Hall–Kier alpha value is -2.54. The maximum Gasteiger partial charge on any atom is 0.260 e. The fourth-order valence-electron chi connectivity index (χ4n) is 2.36. The molecule has 1 unspecified atom stereocenters. The number of hydroxylamine groups is 1. The van der Waals surface area contributed by atoms with Crippen molar-refractivity contribution in [3.8, 4) is 11.1 Å². The van der Waals surface area contributed by atoms with Crippen molar-refractivity contribution >= 4 is 11.7 Å². The van der Waals surface area contributed by atoms with Crippen molar-refractivity contribution in [1.82, 2.24) is 10.8 Å². The lowest BCUT2D eigenvalue weighted by atomic mass is 9.99. The molecule has 0 aliphatic heterocycles. The summed E-state index contributed by atoms with van der Waals surface area (Å²) in [4.78, 5) is 23.9. The summed E-state index contributed by atoms with van der Waals surface area (Å²) in [7, 11) is 0. The zero-order chi connectivity index (χ0) is 17.4. The summed E-state index contributed by atoms with van der Waals surface area (Å²) in [5.41, 5.74) is 4.06. The molecule has 4 N–H and O–H groups in total. The van der Waals surface area contributed by atoms with Gasteiger partial charge >= 0.3 is 0 Å². The molecule has 1 atom stereocenters. The Bertz CT molecular complexity index is 671. The molecule has 0 aromatic heterocycles. The number of aliphatic hydroxyl groups is 1. The number of rotatable bonds is 8. The van der Waals surface area contributed by atoms with E-state index in [0.29, 0.717) is 5.56 Å². The monoisotopic (exact) mass is 328 g/mol. The Kier molecular flexibility index (Phi) is 6.62. The van der Waals surface area contributed by atoms with Gasteiger partial charge in [-0.1, -0.05) is 54.6 Å². The summed E-state index contributed by atoms with van der Waals surface area (Å²) in [5.74, 6) is -0.939. The van der Waals surface area contributed by atoms with E-state index in [4.69, 9.17) is 10.3 Å². The van der Waals surface area contributed by atoms with Crippen LogP contribution >= 0.6 is 0 Å². The lowest BCUT2D eigenvalue weighted by molar-refractivity contribution is -0.131. The predicted octanol–water partition coefficient (Wildman–Crippen LogP) is 1.38. The molecular formula is C18H20N2O4. The number of nitrogens with one attached hydrogen (secondary N) is 2. The first kappa shape index (κ1) is 17.8. The van der Waals surface area contributed by atoms with Crippen LogP contribution in [0, 0.1) is 0 Å². The molecule has 0 spiro atoms. The highest BCUT2D eigenvalue weighted by atomic mass is 16.5. The summed E-state index contributed by atoms with van der Waals surface area (Å²) < 4.78 is 0. The van der Waals surface area contributed by atoms with E-state index < -0.39 is 11.9 Å². The SMILES string of the molecule is O=C(CC(NCCO)C(=O)NO)c1ccc(-c2ccccc2)cc1. The molecule has 6 heteroatoms. The minimum absolute atomic E-state index is 0.114. The van der Waals surface area contributed by atoms with Gasteiger partial charge in [-0.25, -0.2) is 5.48 Å². The molecule has 24 heavy (non-hydrogen) atoms. The highest BCUT2D eigenvalue weighted by Crippen LogP contribution is 2.20. The number of carbonyl (C=O) groups excluding carboxylic acids is 2. The number of Topliss-reactive ketones (excluding diaryl/α,β-unsaturated/α-hetero) is 1. The Morgan fingerprint density at radius 1 is 0.958 bits per heavy atom. The second kappa shape index (κ2) is 8.93. The predicted molar refractivity (Wildman–Crippen MR) is 89.6 cm³/mol. The molecular weight excluding hydrogens is 308 g/mol.